The van der Waals surface area contributed by atoms with Crippen molar-refractivity contribution in [2.24, 2.45) is 0 Å². The van der Waals surface area contributed by atoms with Crippen molar-refractivity contribution in [3.8, 4) is 0 Å². The standard InChI is InChI=1S/C9H13NO3/c1-13-9(12)6-4-7-8(11)2-3-10(7)5-6/h4,7-8,11H,2-3,5H2,1H3/t7-,8-/m1/s1. The van der Waals surface area contributed by atoms with Crippen LogP contribution in [0.25, 0.3) is 0 Å². The van der Waals surface area contributed by atoms with Gasteiger partial charge in [-0.15, -0.1) is 0 Å². The molecule has 0 unspecified atom stereocenters. The molecule has 72 valence electrons. The number of fused-ring (bicyclic) bond motifs is 1. The molecule has 0 aromatic heterocycles. The Kier molecular flexibility index (Phi) is 2.09. The van der Waals surface area contributed by atoms with Gasteiger partial charge in [-0.25, -0.2) is 4.79 Å². The first kappa shape index (κ1) is 8.72. The number of hydrogen-bond donors (Lipinski definition) is 1. The van der Waals surface area contributed by atoms with Gasteiger partial charge in [0.05, 0.1) is 19.3 Å². The maximum absolute atomic E-state index is 11.2. The molecule has 1 fully saturated rings. The predicted molar refractivity (Wildman–Crippen MR) is 46.1 cm³/mol. The molecule has 1 saturated heterocycles. The van der Waals surface area contributed by atoms with Crippen LogP contribution < -0.4 is 0 Å². The van der Waals surface area contributed by atoms with Gasteiger partial charge in [-0.2, -0.15) is 0 Å². The van der Waals surface area contributed by atoms with Gasteiger partial charge in [0.15, 0.2) is 0 Å². The third-order valence-corrected chi connectivity index (χ3v) is 2.72. The Hall–Kier alpha value is -0.870. The summed E-state index contributed by atoms with van der Waals surface area (Å²) in [7, 11) is 1.38. The Morgan fingerprint density at radius 3 is 3.15 bits per heavy atom. The Morgan fingerprint density at radius 1 is 1.77 bits per heavy atom. The normalized spacial score (nSPS) is 32.9. The van der Waals surface area contributed by atoms with Crippen molar-refractivity contribution in [3.63, 3.8) is 0 Å². The summed E-state index contributed by atoms with van der Waals surface area (Å²) in [6, 6.07) is 0.0362. The molecule has 2 aliphatic rings. The summed E-state index contributed by atoms with van der Waals surface area (Å²) >= 11 is 0. The number of aliphatic hydroxyl groups is 1. The van der Waals surface area contributed by atoms with Crippen molar-refractivity contribution >= 4 is 5.97 Å². The van der Waals surface area contributed by atoms with E-state index in [-0.39, 0.29) is 18.1 Å². The lowest BCUT2D eigenvalue weighted by atomic mass is 10.1. The summed E-state index contributed by atoms with van der Waals surface area (Å²) in [6.07, 6.45) is 2.31. The van der Waals surface area contributed by atoms with Gasteiger partial charge in [-0.05, 0) is 6.42 Å². The van der Waals surface area contributed by atoms with Crippen LogP contribution >= 0.6 is 0 Å². The Balaban J connectivity index is 2.11. The highest BCUT2D eigenvalue weighted by Gasteiger charge is 2.37. The third-order valence-electron chi connectivity index (χ3n) is 2.72. The van der Waals surface area contributed by atoms with Gasteiger partial charge in [0, 0.05) is 18.7 Å². The average molecular weight is 183 g/mol. The SMILES string of the molecule is COC(=O)C1=C[C@@H]2[C@H](O)CCN2C1. The van der Waals surface area contributed by atoms with Gasteiger partial charge in [0.1, 0.15) is 0 Å². The quantitative estimate of drug-likeness (QED) is 0.559. The van der Waals surface area contributed by atoms with Crippen molar-refractivity contribution in [2.75, 3.05) is 20.2 Å². The first-order valence-electron chi connectivity index (χ1n) is 4.43. The second-order valence-electron chi connectivity index (χ2n) is 3.50. The molecule has 0 aromatic carbocycles. The van der Waals surface area contributed by atoms with E-state index >= 15 is 0 Å². The number of carbonyl (C=O) groups is 1. The van der Waals surface area contributed by atoms with Crippen LogP contribution in [-0.4, -0.2) is 48.3 Å². The van der Waals surface area contributed by atoms with E-state index in [0.29, 0.717) is 12.1 Å². The molecule has 4 nitrogen and oxygen atoms in total. The summed E-state index contributed by atoms with van der Waals surface area (Å²) in [4.78, 5) is 13.2. The minimum Gasteiger partial charge on any atom is -0.466 e. The lowest BCUT2D eigenvalue weighted by Crippen LogP contribution is -2.29. The van der Waals surface area contributed by atoms with Crippen LogP contribution in [0.3, 0.4) is 0 Å². The number of nitrogens with zero attached hydrogens (tertiary/aromatic N) is 1. The fourth-order valence-electron chi connectivity index (χ4n) is 2.00. The number of carbonyl (C=O) groups excluding carboxylic acids is 1. The topological polar surface area (TPSA) is 49.8 Å². The lowest BCUT2D eigenvalue weighted by Gasteiger charge is -2.15. The molecule has 0 aliphatic carbocycles. The fourth-order valence-corrected chi connectivity index (χ4v) is 2.00. The number of rotatable bonds is 1. The van der Waals surface area contributed by atoms with E-state index < -0.39 is 0 Å². The number of ether oxygens (including phenoxy) is 1. The van der Waals surface area contributed by atoms with Crippen LogP contribution in [0.1, 0.15) is 6.42 Å². The van der Waals surface area contributed by atoms with E-state index in [2.05, 4.69) is 9.64 Å². The molecule has 0 amide bonds. The molecule has 4 heteroatoms. The number of aliphatic hydroxyl groups excluding tert-OH is 1. The van der Waals surface area contributed by atoms with Gasteiger partial charge in [-0.3, -0.25) is 4.90 Å². The van der Waals surface area contributed by atoms with E-state index in [9.17, 15) is 9.90 Å². The van der Waals surface area contributed by atoms with Crippen LogP contribution in [0, 0.1) is 0 Å². The van der Waals surface area contributed by atoms with Crippen LogP contribution in [0.5, 0.6) is 0 Å². The molecule has 0 saturated carbocycles. The fraction of sp³-hybridized carbons (Fsp3) is 0.667. The molecule has 13 heavy (non-hydrogen) atoms. The van der Waals surface area contributed by atoms with Gasteiger partial charge in [0.25, 0.3) is 0 Å². The molecule has 1 N–H and O–H groups in total. The molecule has 2 aliphatic heterocycles. The van der Waals surface area contributed by atoms with E-state index in [1.807, 2.05) is 6.08 Å². The van der Waals surface area contributed by atoms with Crippen LogP contribution in [0.15, 0.2) is 11.6 Å². The smallest absolute Gasteiger partial charge is 0.334 e. The van der Waals surface area contributed by atoms with Crippen molar-refractivity contribution in [2.45, 2.75) is 18.6 Å². The molecule has 0 bridgehead atoms. The zero-order valence-corrected chi connectivity index (χ0v) is 7.56. The van der Waals surface area contributed by atoms with Crippen molar-refractivity contribution in [1.82, 2.24) is 4.90 Å². The summed E-state index contributed by atoms with van der Waals surface area (Å²) in [5, 5.41) is 9.53. The van der Waals surface area contributed by atoms with Crippen LogP contribution in [-0.2, 0) is 9.53 Å². The van der Waals surface area contributed by atoms with Gasteiger partial charge in [-0.1, -0.05) is 6.08 Å². The summed E-state index contributed by atoms with van der Waals surface area (Å²) in [5.74, 6) is -0.276. The largest absolute Gasteiger partial charge is 0.466 e. The molecule has 2 rings (SSSR count). The maximum Gasteiger partial charge on any atom is 0.334 e. The third kappa shape index (κ3) is 1.36. The zero-order valence-electron chi connectivity index (χ0n) is 7.56. The molecular weight excluding hydrogens is 170 g/mol. The summed E-state index contributed by atoms with van der Waals surface area (Å²) < 4.78 is 4.62. The van der Waals surface area contributed by atoms with Crippen molar-refractivity contribution in [3.05, 3.63) is 11.6 Å². The first-order chi connectivity index (χ1) is 6.22. The Bertz CT molecular complexity index is 262. The minimum absolute atomic E-state index is 0.0362. The Morgan fingerprint density at radius 2 is 2.54 bits per heavy atom. The summed E-state index contributed by atoms with van der Waals surface area (Å²) in [6.45, 7) is 1.48. The van der Waals surface area contributed by atoms with Gasteiger partial charge < -0.3 is 9.84 Å². The predicted octanol–water partition coefficient (Wildman–Crippen LogP) is -0.465. The zero-order chi connectivity index (χ0) is 9.42. The van der Waals surface area contributed by atoms with Gasteiger partial charge >= 0.3 is 5.97 Å². The van der Waals surface area contributed by atoms with E-state index in [4.69, 9.17) is 0 Å². The molecule has 2 heterocycles. The second kappa shape index (κ2) is 3.12. The maximum atomic E-state index is 11.2. The molecule has 2 atom stereocenters. The van der Waals surface area contributed by atoms with Crippen LogP contribution in [0.2, 0.25) is 0 Å². The summed E-state index contributed by atoms with van der Waals surface area (Å²) in [5.41, 5.74) is 0.672. The minimum atomic E-state index is -0.317. The number of methoxy groups -OCH3 is 1. The first-order valence-corrected chi connectivity index (χ1v) is 4.43. The highest BCUT2D eigenvalue weighted by Crippen LogP contribution is 2.26. The van der Waals surface area contributed by atoms with Crippen LogP contribution in [0.4, 0.5) is 0 Å². The number of hydrogen-bond acceptors (Lipinski definition) is 4. The highest BCUT2D eigenvalue weighted by molar-refractivity contribution is 5.89. The lowest BCUT2D eigenvalue weighted by molar-refractivity contribution is -0.136. The average Bonchev–Trinajstić information content (AvgIpc) is 2.67. The molecule has 0 spiro atoms. The Labute approximate surface area is 76.8 Å². The van der Waals surface area contributed by atoms with E-state index in [1.165, 1.54) is 7.11 Å². The molecular formula is C9H13NO3. The number of esters is 1. The van der Waals surface area contributed by atoms with Crippen molar-refractivity contribution < 1.29 is 14.6 Å². The van der Waals surface area contributed by atoms with Gasteiger partial charge in [0.2, 0.25) is 0 Å². The molecule has 0 aromatic rings. The monoisotopic (exact) mass is 183 g/mol. The van der Waals surface area contributed by atoms with E-state index in [1.54, 1.807) is 0 Å². The van der Waals surface area contributed by atoms with E-state index in [0.717, 1.165) is 13.0 Å². The highest BCUT2D eigenvalue weighted by atomic mass is 16.5. The second-order valence-corrected chi connectivity index (χ2v) is 3.50. The van der Waals surface area contributed by atoms with Crippen molar-refractivity contribution in [1.29, 1.82) is 0 Å². The molecule has 0 radical (unpaired) electrons.